The van der Waals surface area contributed by atoms with Crippen LogP contribution in [-0.4, -0.2) is 28.2 Å². The van der Waals surface area contributed by atoms with Crippen molar-refractivity contribution < 1.29 is 15.0 Å². The molecule has 4 saturated carbocycles. The SMILES string of the molecule is CC1C[C@H]2[C@@H]3CC[C@@H]4C[C@H](O)CC[C@]4(C)[C@H]3[C@@H](O)C[C@]2(C)C1=O. The first-order chi connectivity index (χ1) is 10.8. The van der Waals surface area contributed by atoms with Gasteiger partial charge < -0.3 is 10.2 Å². The lowest BCUT2D eigenvalue weighted by molar-refractivity contribution is -0.175. The van der Waals surface area contributed by atoms with Crippen molar-refractivity contribution in [1.82, 2.24) is 0 Å². The van der Waals surface area contributed by atoms with Crippen molar-refractivity contribution in [2.75, 3.05) is 0 Å². The first kappa shape index (κ1) is 16.1. The summed E-state index contributed by atoms with van der Waals surface area (Å²) in [5.41, 5.74) is -0.144. The normalized spacial score (nSPS) is 59.2. The van der Waals surface area contributed by atoms with E-state index in [9.17, 15) is 15.0 Å². The second-order valence-electron chi connectivity index (χ2n) is 9.69. The van der Waals surface area contributed by atoms with E-state index >= 15 is 0 Å². The molecule has 4 fully saturated rings. The molecule has 0 aromatic heterocycles. The van der Waals surface area contributed by atoms with Crippen LogP contribution in [0.5, 0.6) is 0 Å². The minimum absolute atomic E-state index is 0.149. The molecule has 3 heteroatoms. The largest absolute Gasteiger partial charge is 0.393 e. The van der Waals surface area contributed by atoms with Crippen molar-refractivity contribution in [3.63, 3.8) is 0 Å². The molecule has 0 aliphatic heterocycles. The van der Waals surface area contributed by atoms with Gasteiger partial charge in [0.1, 0.15) is 5.78 Å². The average molecular weight is 320 g/mol. The van der Waals surface area contributed by atoms with Crippen LogP contribution in [0.3, 0.4) is 0 Å². The van der Waals surface area contributed by atoms with E-state index < -0.39 is 0 Å². The Balaban J connectivity index is 1.70. The maximum Gasteiger partial charge on any atom is 0.141 e. The van der Waals surface area contributed by atoms with Gasteiger partial charge in [0.05, 0.1) is 12.2 Å². The smallest absolute Gasteiger partial charge is 0.141 e. The zero-order valence-electron chi connectivity index (χ0n) is 14.8. The van der Waals surface area contributed by atoms with E-state index in [4.69, 9.17) is 0 Å². The Hall–Kier alpha value is -0.410. The van der Waals surface area contributed by atoms with E-state index in [1.807, 2.05) is 0 Å². The zero-order valence-corrected chi connectivity index (χ0v) is 14.8. The summed E-state index contributed by atoms with van der Waals surface area (Å²) in [4.78, 5) is 12.7. The van der Waals surface area contributed by atoms with E-state index in [1.165, 1.54) is 0 Å². The number of carbonyl (C=O) groups is 1. The molecule has 23 heavy (non-hydrogen) atoms. The summed E-state index contributed by atoms with van der Waals surface area (Å²) in [6.45, 7) is 6.58. The number of fused-ring (bicyclic) bond motifs is 5. The van der Waals surface area contributed by atoms with Crippen LogP contribution in [0.25, 0.3) is 0 Å². The summed E-state index contributed by atoms with van der Waals surface area (Å²) in [7, 11) is 0. The molecule has 0 radical (unpaired) electrons. The third-order valence-corrected chi connectivity index (χ3v) is 8.58. The molecule has 3 nitrogen and oxygen atoms in total. The maximum atomic E-state index is 12.7. The van der Waals surface area contributed by atoms with Crippen LogP contribution in [0.4, 0.5) is 0 Å². The first-order valence-electron chi connectivity index (χ1n) is 9.68. The number of Topliss-reactive ketones (excluding diaryl/α,β-unsaturated/α-hetero) is 1. The van der Waals surface area contributed by atoms with Crippen molar-refractivity contribution in [2.45, 2.75) is 77.9 Å². The number of hydrogen-bond acceptors (Lipinski definition) is 3. The highest BCUT2D eigenvalue weighted by Gasteiger charge is 2.64. The van der Waals surface area contributed by atoms with Gasteiger partial charge in [0.25, 0.3) is 0 Å². The molecule has 0 heterocycles. The molecule has 4 aliphatic carbocycles. The number of ketones is 1. The van der Waals surface area contributed by atoms with Gasteiger partial charge >= 0.3 is 0 Å². The van der Waals surface area contributed by atoms with Crippen molar-refractivity contribution in [1.29, 1.82) is 0 Å². The van der Waals surface area contributed by atoms with Gasteiger partial charge in [-0.1, -0.05) is 20.8 Å². The molecule has 0 saturated heterocycles. The zero-order chi connectivity index (χ0) is 16.6. The van der Waals surface area contributed by atoms with Crippen LogP contribution in [0.2, 0.25) is 0 Å². The average Bonchev–Trinajstić information content (AvgIpc) is 2.71. The van der Waals surface area contributed by atoms with Crippen molar-refractivity contribution in [3.05, 3.63) is 0 Å². The lowest BCUT2D eigenvalue weighted by Gasteiger charge is -2.61. The summed E-state index contributed by atoms with van der Waals surface area (Å²) in [6, 6.07) is 0. The molecule has 0 spiro atoms. The van der Waals surface area contributed by atoms with Crippen LogP contribution in [0.1, 0.15) is 65.7 Å². The summed E-state index contributed by atoms with van der Waals surface area (Å²) in [6.07, 6.45) is 6.29. The van der Waals surface area contributed by atoms with Crippen LogP contribution in [-0.2, 0) is 4.79 Å². The van der Waals surface area contributed by atoms with Gasteiger partial charge in [0.2, 0.25) is 0 Å². The topological polar surface area (TPSA) is 57.5 Å². The number of aliphatic hydroxyl groups is 2. The van der Waals surface area contributed by atoms with E-state index in [0.29, 0.717) is 35.9 Å². The predicted octanol–water partition coefficient (Wildman–Crippen LogP) is 3.18. The van der Waals surface area contributed by atoms with Gasteiger partial charge in [-0.05, 0) is 74.0 Å². The molecular weight excluding hydrogens is 288 g/mol. The third kappa shape index (κ3) is 2.05. The van der Waals surface area contributed by atoms with E-state index in [0.717, 1.165) is 38.5 Å². The van der Waals surface area contributed by atoms with Gasteiger partial charge in [-0.3, -0.25) is 4.79 Å². The number of carbonyl (C=O) groups excluding carboxylic acids is 1. The van der Waals surface area contributed by atoms with Gasteiger partial charge in [-0.15, -0.1) is 0 Å². The Bertz CT molecular complexity index is 517. The molecule has 0 bridgehead atoms. The van der Waals surface area contributed by atoms with Crippen LogP contribution >= 0.6 is 0 Å². The lowest BCUT2D eigenvalue weighted by Crippen LogP contribution is -2.59. The van der Waals surface area contributed by atoms with Gasteiger partial charge in [-0.2, -0.15) is 0 Å². The molecule has 0 amide bonds. The van der Waals surface area contributed by atoms with Gasteiger partial charge in [-0.25, -0.2) is 0 Å². The Kier molecular flexibility index (Phi) is 3.53. The van der Waals surface area contributed by atoms with E-state index in [-0.39, 0.29) is 29.0 Å². The maximum absolute atomic E-state index is 12.7. The Morgan fingerprint density at radius 2 is 1.83 bits per heavy atom. The fourth-order valence-corrected chi connectivity index (χ4v) is 7.48. The van der Waals surface area contributed by atoms with Crippen LogP contribution in [0.15, 0.2) is 0 Å². The highest BCUT2D eigenvalue weighted by atomic mass is 16.3. The molecule has 0 aromatic carbocycles. The molecule has 1 unspecified atom stereocenters. The number of hydrogen-bond donors (Lipinski definition) is 2. The summed E-state index contributed by atoms with van der Waals surface area (Å²) in [5.74, 6) is 2.38. The van der Waals surface area contributed by atoms with Gasteiger partial charge in [0, 0.05) is 11.3 Å². The molecule has 4 rings (SSSR count). The summed E-state index contributed by atoms with van der Waals surface area (Å²) >= 11 is 0. The summed E-state index contributed by atoms with van der Waals surface area (Å²) < 4.78 is 0. The fraction of sp³-hybridized carbons (Fsp3) is 0.950. The first-order valence-corrected chi connectivity index (χ1v) is 9.68. The molecule has 0 aromatic rings. The molecule has 9 atom stereocenters. The summed E-state index contributed by atoms with van der Waals surface area (Å²) in [5, 5.41) is 21.2. The third-order valence-electron chi connectivity index (χ3n) is 8.58. The number of aliphatic hydroxyl groups excluding tert-OH is 2. The molecule has 2 N–H and O–H groups in total. The standard InChI is InChI=1S/C20H32O3/c1-11-8-15-14-5-4-12-9-13(21)6-7-19(12,2)17(14)16(22)10-20(15,3)18(11)23/h11-17,21-22H,4-10H2,1-3H3/t11?,12-,13-,14+,15+,16+,17-,19+,20+/m1/s1. The van der Waals surface area contributed by atoms with E-state index in [1.54, 1.807) is 0 Å². The molecular formula is C20H32O3. The Morgan fingerprint density at radius 1 is 1.09 bits per heavy atom. The van der Waals surface area contributed by atoms with Crippen molar-refractivity contribution >= 4 is 5.78 Å². The minimum Gasteiger partial charge on any atom is -0.393 e. The molecule has 130 valence electrons. The Morgan fingerprint density at radius 3 is 2.57 bits per heavy atom. The monoisotopic (exact) mass is 320 g/mol. The quantitative estimate of drug-likeness (QED) is 0.721. The lowest BCUT2D eigenvalue weighted by atomic mass is 9.44. The number of rotatable bonds is 0. The fourth-order valence-electron chi connectivity index (χ4n) is 7.48. The highest BCUT2D eigenvalue weighted by molar-refractivity contribution is 5.89. The van der Waals surface area contributed by atoms with Crippen molar-refractivity contribution in [3.8, 4) is 0 Å². The molecule has 4 aliphatic rings. The van der Waals surface area contributed by atoms with E-state index in [2.05, 4.69) is 20.8 Å². The minimum atomic E-state index is -0.349. The second-order valence-corrected chi connectivity index (χ2v) is 9.69. The van der Waals surface area contributed by atoms with Crippen LogP contribution in [0, 0.1) is 40.4 Å². The second kappa shape index (κ2) is 5.05. The van der Waals surface area contributed by atoms with Gasteiger partial charge in [0.15, 0.2) is 0 Å². The Labute approximate surface area is 139 Å². The highest BCUT2D eigenvalue weighted by Crippen LogP contribution is 2.66. The van der Waals surface area contributed by atoms with Crippen LogP contribution < -0.4 is 0 Å². The van der Waals surface area contributed by atoms with Crippen molar-refractivity contribution in [2.24, 2.45) is 40.4 Å². The predicted molar refractivity (Wildman–Crippen MR) is 88.7 cm³/mol.